The molecule has 0 bridgehead atoms. The molecular weight excluding hydrogens is 320 g/mol. The molecular formula is C18H28N4O3+2. The highest BCUT2D eigenvalue weighted by molar-refractivity contribution is 5.97. The van der Waals surface area contributed by atoms with Crippen LogP contribution in [0.3, 0.4) is 0 Å². The van der Waals surface area contributed by atoms with Gasteiger partial charge in [-0.25, -0.2) is 4.79 Å². The summed E-state index contributed by atoms with van der Waals surface area (Å²) in [6.07, 6.45) is 0. The second-order valence-electron chi connectivity index (χ2n) is 6.76. The van der Waals surface area contributed by atoms with E-state index in [1.807, 2.05) is 37.3 Å². The lowest BCUT2D eigenvalue weighted by Gasteiger charge is -2.33. The Morgan fingerprint density at radius 2 is 1.96 bits per heavy atom. The van der Waals surface area contributed by atoms with E-state index in [1.54, 1.807) is 0 Å². The van der Waals surface area contributed by atoms with Gasteiger partial charge in [-0.15, -0.1) is 0 Å². The van der Waals surface area contributed by atoms with Crippen molar-refractivity contribution in [3.8, 4) is 5.75 Å². The van der Waals surface area contributed by atoms with Gasteiger partial charge in [-0.2, -0.15) is 0 Å². The third-order valence-electron chi connectivity index (χ3n) is 5.17. The summed E-state index contributed by atoms with van der Waals surface area (Å²) in [6.45, 7) is 8.61. The van der Waals surface area contributed by atoms with Crippen LogP contribution in [0.2, 0.25) is 0 Å². The highest BCUT2D eigenvalue weighted by Crippen LogP contribution is 2.07. The largest absolute Gasteiger partial charge is 0.488 e. The minimum absolute atomic E-state index is 0.0548. The highest BCUT2D eigenvalue weighted by Gasteiger charge is 2.37. The first-order valence-electron chi connectivity index (χ1n) is 9.10. The fraction of sp³-hybridized carbons (Fsp3) is 0.556. The van der Waals surface area contributed by atoms with Crippen LogP contribution in [-0.4, -0.2) is 75.3 Å². The van der Waals surface area contributed by atoms with E-state index < -0.39 is 0 Å². The van der Waals surface area contributed by atoms with Gasteiger partial charge >= 0.3 is 6.03 Å². The van der Waals surface area contributed by atoms with Gasteiger partial charge in [0.1, 0.15) is 45.1 Å². The maximum Gasteiger partial charge on any atom is 0.324 e. The Morgan fingerprint density at radius 3 is 2.60 bits per heavy atom. The van der Waals surface area contributed by atoms with Crippen LogP contribution in [0.5, 0.6) is 5.75 Å². The molecule has 3 rings (SSSR count). The molecule has 0 aliphatic carbocycles. The summed E-state index contributed by atoms with van der Waals surface area (Å²) in [5.41, 5.74) is 0. The molecule has 1 atom stereocenters. The van der Waals surface area contributed by atoms with Crippen molar-refractivity contribution in [3.05, 3.63) is 30.3 Å². The number of imide groups is 1. The molecule has 2 saturated heterocycles. The molecule has 7 heteroatoms. The number of rotatable bonds is 6. The van der Waals surface area contributed by atoms with Crippen LogP contribution >= 0.6 is 0 Å². The van der Waals surface area contributed by atoms with Crippen molar-refractivity contribution < 1.29 is 24.1 Å². The van der Waals surface area contributed by atoms with Crippen molar-refractivity contribution in [1.29, 1.82) is 0 Å². The third-order valence-corrected chi connectivity index (χ3v) is 5.17. The van der Waals surface area contributed by atoms with E-state index in [9.17, 15) is 9.59 Å². The molecule has 0 radical (unpaired) electrons. The summed E-state index contributed by atoms with van der Waals surface area (Å²) in [7, 11) is 0. The normalized spacial score (nSPS) is 24.7. The van der Waals surface area contributed by atoms with E-state index in [1.165, 1.54) is 14.7 Å². The molecule has 7 nitrogen and oxygen atoms in total. The number of para-hydroxylation sites is 1. The smallest absolute Gasteiger partial charge is 0.324 e. The van der Waals surface area contributed by atoms with Gasteiger partial charge in [0.2, 0.25) is 0 Å². The molecule has 0 aromatic heterocycles. The molecule has 2 fully saturated rings. The zero-order chi connectivity index (χ0) is 17.6. The SMILES string of the molecule is C[C@H](C(=O)N1CCNC1=O)[NH+]1CC[NH+](CCOc2ccccc2)CC1. The van der Waals surface area contributed by atoms with Crippen LogP contribution in [0, 0.1) is 0 Å². The quantitative estimate of drug-likeness (QED) is 0.546. The van der Waals surface area contributed by atoms with Crippen LogP contribution in [-0.2, 0) is 4.79 Å². The number of hydrogen-bond acceptors (Lipinski definition) is 3. The predicted molar refractivity (Wildman–Crippen MR) is 92.8 cm³/mol. The van der Waals surface area contributed by atoms with Gasteiger partial charge < -0.3 is 19.9 Å². The molecule has 2 aliphatic rings. The number of urea groups is 1. The van der Waals surface area contributed by atoms with Gasteiger partial charge in [0.15, 0.2) is 6.04 Å². The average Bonchev–Trinajstić information content (AvgIpc) is 3.08. The first kappa shape index (κ1) is 17.7. The van der Waals surface area contributed by atoms with Crippen molar-refractivity contribution >= 4 is 11.9 Å². The van der Waals surface area contributed by atoms with Crippen molar-refractivity contribution in [3.63, 3.8) is 0 Å². The van der Waals surface area contributed by atoms with E-state index in [-0.39, 0.29) is 18.0 Å². The van der Waals surface area contributed by atoms with E-state index in [2.05, 4.69) is 5.32 Å². The van der Waals surface area contributed by atoms with Gasteiger partial charge in [0.25, 0.3) is 5.91 Å². The fourth-order valence-electron chi connectivity index (χ4n) is 3.53. The molecule has 0 spiro atoms. The second-order valence-corrected chi connectivity index (χ2v) is 6.76. The highest BCUT2D eigenvalue weighted by atomic mass is 16.5. The van der Waals surface area contributed by atoms with Crippen LogP contribution in [0.15, 0.2) is 30.3 Å². The monoisotopic (exact) mass is 348 g/mol. The average molecular weight is 348 g/mol. The van der Waals surface area contributed by atoms with E-state index in [0.29, 0.717) is 19.7 Å². The van der Waals surface area contributed by atoms with E-state index in [4.69, 9.17) is 4.74 Å². The number of carbonyl (C=O) groups excluding carboxylic acids is 2. The van der Waals surface area contributed by atoms with Gasteiger partial charge in [-0.05, 0) is 19.1 Å². The summed E-state index contributed by atoms with van der Waals surface area (Å²) >= 11 is 0. The number of nitrogens with zero attached hydrogens (tertiary/aromatic N) is 1. The van der Waals surface area contributed by atoms with Gasteiger partial charge in [0, 0.05) is 13.1 Å². The van der Waals surface area contributed by atoms with Gasteiger partial charge in [0.05, 0.1) is 0 Å². The Kier molecular flexibility index (Phi) is 5.88. The van der Waals surface area contributed by atoms with Crippen LogP contribution in [0.25, 0.3) is 0 Å². The first-order chi connectivity index (χ1) is 12.1. The molecule has 25 heavy (non-hydrogen) atoms. The second kappa shape index (κ2) is 8.31. The topological polar surface area (TPSA) is 67.5 Å². The number of ether oxygens (including phenoxy) is 1. The van der Waals surface area contributed by atoms with Crippen LogP contribution in [0.4, 0.5) is 4.79 Å². The Balaban J connectivity index is 1.39. The van der Waals surface area contributed by atoms with Crippen molar-refractivity contribution in [2.45, 2.75) is 13.0 Å². The molecule has 1 aromatic carbocycles. The summed E-state index contributed by atoms with van der Waals surface area (Å²) in [4.78, 5) is 28.3. The molecule has 0 saturated carbocycles. The summed E-state index contributed by atoms with van der Waals surface area (Å²) in [5, 5.41) is 2.69. The molecule has 3 amide bonds. The Labute approximate surface area is 148 Å². The Morgan fingerprint density at radius 1 is 1.24 bits per heavy atom. The van der Waals surface area contributed by atoms with Crippen LogP contribution in [0.1, 0.15) is 6.92 Å². The van der Waals surface area contributed by atoms with Crippen molar-refractivity contribution in [1.82, 2.24) is 10.2 Å². The van der Waals surface area contributed by atoms with Gasteiger partial charge in [-0.3, -0.25) is 9.69 Å². The summed E-state index contributed by atoms with van der Waals surface area (Å²) in [6, 6.07) is 9.46. The predicted octanol–water partition coefficient (Wildman–Crippen LogP) is -2.21. The zero-order valence-corrected chi connectivity index (χ0v) is 14.8. The van der Waals surface area contributed by atoms with E-state index >= 15 is 0 Å². The van der Waals surface area contributed by atoms with E-state index in [0.717, 1.165) is 38.5 Å². The number of hydrogen-bond donors (Lipinski definition) is 3. The lowest BCUT2D eigenvalue weighted by molar-refractivity contribution is -1.02. The lowest BCUT2D eigenvalue weighted by Crippen LogP contribution is -3.30. The number of piperazine rings is 1. The maximum absolute atomic E-state index is 12.5. The number of benzene rings is 1. The summed E-state index contributed by atoms with van der Waals surface area (Å²) in [5.74, 6) is 0.857. The minimum Gasteiger partial charge on any atom is -0.488 e. The number of carbonyl (C=O) groups is 2. The molecule has 0 unspecified atom stereocenters. The fourth-order valence-corrected chi connectivity index (χ4v) is 3.53. The summed E-state index contributed by atoms with van der Waals surface area (Å²) < 4.78 is 5.77. The van der Waals surface area contributed by atoms with Crippen molar-refractivity contribution in [2.24, 2.45) is 0 Å². The lowest BCUT2D eigenvalue weighted by atomic mass is 10.2. The van der Waals surface area contributed by atoms with Gasteiger partial charge in [-0.1, -0.05) is 18.2 Å². The third kappa shape index (κ3) is 4.49. The molecule has 3 N–H and O–H groups in total. The minimum atomic E-state index is -0.251. The number of quaternary nitrogens is 2. The maximum atomic E-state index is 12.5. The molecule has 2 heterocycles. The number of nitrogens with one attached hydrogen (secondary N) is 3. The Hall–Kier alpha value is -2.12. The Bertz CT molecular complexity index is 587. The molecule has 136 valence electrons. The zero-order valence-electron chi connectivity index (χ0n) is 14.8. The number of amides is 3. The first-order valence-corrected chi connectivity index (χ1v) is 9.10. The molecule has 1 aromatic rings. The van der Waals surface area contributed by atoms with Crippen molar-refractivity contribution in [2.75, 3.05) is 52.4 Å². The standard InChI is InChI=1S/C18H26N4O3/c1-15(17(23)22-8-7-19-18(22)24)21-11-9-20(10-12-21)13-14-25-16-5-3-2-4-6-16/h2-6,15H,7-14H2,1H3,(H,19,24)/p+2/t15-/m1/s1. The van der Waals surface area contributed by atoms with Crippen LogP contribution < -0.4 is 19.9 Å². The molecule has 2 aliphatic heterocycles.